The predicted octanol–water partition coefficient (Wildman–Crippen LogP) is 1.42. The van der Waals surface area contributed by atoms with Crippen LogP contribution in [0.5, 0.6) is 0 Å². The minimum absolute atomic E-state index is 0.317. The second-order valence-electron chi connectivity index (χ2n) is 5.94. The van der Waals surface area contributed by atoms with Gasteiger partial charge in [0.05, 0.1) is 11.6 Å². The van der Waals surface area contributed by atoms with Crippen LogP contribution in [-0.2, 0) is 9.53 Å². The number of hydrogen-bond donors (Lipinski definition) is 2. The molecule has 0 aliphatic heterocycles. The highest BCUT2D eigenvalue weighted by Crippen LogP contribution is 2.30. The predicted molar refractivity (Wildman–Crippen MR) is 68.3 cm³/mol. The van der Waals surface area contributed by atoms with Gasteiger partial charge in [-0.1, -0.05) is 13.8 Å². The SMILES string of the molecule is CC1CC(C)CC(OCCC(C)(N)C(N)=O)C1. The first kappa shape index (κ1) is 14.5. The van der Waals surface area contributed by atoms with E-state index in [1.165, 1.54) is 6.42 Å². The summed E-state index contributed by atoms with van der Waals surface area (Å²) in [4.78, 5) is 11.0. The molecule has 0 saturated heterocycles. The molecule has 100 valence electrons. The Morgan fingerprint density at radius 2 is 1.82 bits per heavy atom. The summed E-state index contributed by atoms with van der Waals surface area (Å²) in [6.07, 6.45) is 4.32. The number of amides is 1. The van der Waals surface area contributed by atoms with Gasteiger partial charge in [0.2, 0.25) is 5.91 Å². The summed E-state index contributed by atoms with van der Waals surface area (Å²) < 4.78 is 5.82. The molecule has 1 amide bonds. The van der Waals surface area contributed by atoms with Gasteiger partial charge in [0, 0.05) is 6.61 Å². The molecule has 0 radical (unpaired) electrons. The monoisotopic (exact) mass is 242 g/mol. The van der Waals surface area contributed by atoms with E-state index < -0.39 is 11.4 Å². The zero-order valence-electron chi connectivity index (χ0n) is 11.2. The molecule has 1 fully saturated rings. The van der Waals surface area contributed by atoms with Crippen LogP contribution in [0.15, 0.2) is 0 Å². The number of carbonyl (C=O) groups excluding carboxylic acids is 1. The lowest BCUT2D eigenvalue weighted by molar-refractivity contribution is -0.123. The molecule has 0 heterocycles. The Labute approximate surface area is 104 Å². The standard InChI is InChI=1S/C13H26N2O2/c1-9-6-10(2)8-11(7-9)17-5-4-13(3,15)12(14)16/h9-11H,4-8,15H2,1-3H3,(H2,14,16). The van der Waals surface area contributed by atoms with E-state index in [0.29, 0.717) is 19.1 Å². The molecule has 1 saturated carbocycles. The molecule has 3 unspecified atom stereocenters. The van der Waals surface area contributed by atoms with Crippen LogP contribution in [0.4, 0.5) is 0 Å². The molecule has 4 nitrogen and oxygen atoms in total. The summed E-state index contributed by atoms with van der Waals surface area (Å²) in [6, 6.07) is 0. The van der Waals surface area contributed by atoms with E-state index in [-0.39, 0.29) is 0 Å². The molecular formula is C13H26N2O2. The molecule has 1 rings (SSSR count). The smallest absolute Gasteiger partial charge is 0.237 e. The van der Waals surface area contributed by atoms with Crippen LogP contribution < -0.4 is 11.5 Å². The third kappa shape index (κ3) is 4.64. The van der Waals surface area contributed by atoms with Crippen molar-refractivity contribution in [2.75, 3.05) is 6.61 Å². The van der Waals surface area contributed by atoms with Crippen LogP contribution in [0.2, 0.25) is 0 Å². The van der Waals surface area contributed by atoms with Crippen molar-refractivity contribution in [1.29, 1.82) is 0 Å². The normalized spacial score (nSPS) is 33.1. The number of ether oxygens (including phenoxy) is 1. The van der Waals surface area contributed by atoms with E-state index in [9.17, 15) is 4.79 Å². The Hall–Kier alpha value is -0.610. The fourth-order valence-electron chi connectivity index (χ4n) is 2.57. The van der Waals surface area contributed by atoms with Crippen LogP contribution in [0, 0.1) is 11.8 Å². The Bertz CT molecular complexity index is 256. The highest BCUT2D eigenvalue weighted by molar-refractivity contribution is 5.83. The number of hydrogen-bond acceptors (Lipinski definition) is 3. The van der Waals surface area contributed by atoms with Crippen molar-refractivity contribution >= 4 is 5.91 Å². The average Bonchev–Trinajstić information content (AvgIpc) is 2.15. The third-order valence-electron chi connectivity index (χ3n) is 3.67. The maximum Gasteiger partial charge on any atom is 0.237 e. The van der Waals surface area contributed by atoms with Gasteiger partial charge in [-0.25, -0.2) is 0 Å². The summed E-state index contributed by atoms with van der Waals surface area (Å²) in [5.41, 5.74) is 10.0. The molecule has 0 spiro atoms. The van der Waals surface area contributed by atoms with Gasteiger partial charge < -0.3 is 16.2 Å². The minimum atomic E-state index is -0.952. The lowest BCUT2D eigenvalue weighted by Crippen LogP contribution is -2.50. The second kappa shape index (κ2) is 5.83. The number of primary amides is 1. The topological polar surface area (TPSA) is 78.3 Å². The largest absolute Gasteiger partial charge is 0.378 e. The van der Waals surface area contributed by atoms with E-state index in [1.54, 1.807) is 6.92 Å². The minimum Gasteiger partial charge on any atom is -0.378 e. The van der Waals surface area contributed by atoms with Gasteiger partial charge in [-0.3, -0.25) is 4.79 Å². The molecule has 0 bridgehead atoms. The van der Waals surface area contributed by atoms with E-state index in [4.69, 9.17) is 16.2 Å². The lowest BCUT2D eigenvalue weighted by atomic mass is 9.82. The molecule has 1 aliphatic rings. The van der Waals surface area contributed by atoms with Crippen LogP contribution in [0.1, 0.15) is 46.5 Å². The van der Waals surface area contributed by atoms with E-state index in [0.717, 1.165) is 24.7 Å². The maximum absolute atomic E-state index is 11.0. The van der Waals surface area contributed by atoms with E-state index in [2.05, 4.69) is 13.8 Å². The van der Waals surface area contributed by atoms with Crippen molar-refractivity contribution in [2.24, 2.45) is 23.3 Å². The van der Waals surface area contributed by atoms with Gasteiger partial charge in [0.1, 0.15) is 0 Å². The van der Waals surface area contributed by atoms with E-state index in [1.807, 2.05) is 0 Å². The zero-order chi connectivity index (χ0) is 13.1. The fourth-order valence-corrected chi connectivity index (χ4v) is 2.57. The first-order valence-electron chi connectivity index (χ1n) is 6.51. The van der Waals surface area contributed by atoms with Gasteiger partial charge in [-0.15, -0.1) is 0 Å². The summed E-state index contributed by atoms with van der Waals surface area (Å²) in [5.74, 6) is 0.986. The summed E-state index contributed by atoms with van der Waals surface area (Å²) >= 11 is 0. The highest BCUT2D eigenvalue weighted by atomic mass is 16.5. The van der Waals surface area contributed by atoms with Crippen molar-refractivity contribution in [3.8, 4) is 0 Å². The first-order chi connectivity index (χ1) is 7.81. The molecule has 0 aromatic heterocycles. The fraction of sp³-hybridized carbons (Fsp3) is 0.923. The van der Waals surface area contributed by atoms with Crippen LogP contribution >= 0.6 is 0 Å². The van der Waals surface area contributed by atoms with Crippen molar-refractivity contribution in [3.05, 3.63) is 0 Å². The second-order valence-corrected chi connectivity index (χ2v) is 5.94. The molecular weight excluding hydrogens is 216 g/mol. The van der Waals surface area contributed by atoms with Gasteiger partial charge in [0.25, 0.3) is 0 Å². The van der Waals surface area contributed by atoms with Gasteiger partial charge in [0.15, 0.2) is 0 Å². The Balaban J connectivity index is 2.29. The Morgan fingerprint density at radius 1 is 1.29 bits per heavy atom. The highest BCUT2D eigenvalue weighted by Gasteiger charge is 2.28. The van der Waals surface area contributed by atoms with Crippen LogP contribution in [0.3, 0.4) is 0 Å². The summed E-state index contributed by atoms with van der Waals surface area (Å²) in [7, 11) is 0. The number of rotatable bonds is 5. The maximum atomic E-state index is 11.0. The molecule has 0 aromatic rings. The van der Waals surface area contributed by atoms with Crippen LogP contribution in [0.25, 0.3) is 0 Å². The average molecular weight is 242 g/mol. The molecule has 0 aromatic carbocycles. The van der Waals surface area contributed by atoms with Crippen molar-refractivity contribution < 1.29 is 9.53 Å². The molecule has 3 atom stereocenters. The van der Waals surface area contributed by atoms with Crippen LogP contribution in [-0.4, -0.2) is 24.2 Å². The molecule has 17 heavy (non-hydrogen) atoms. The Morgan fingerprint density at radius 3 is 2.29 bits per heavy atom. The van der Waals surface area contributed by atoms with Crippen molar-refractivity contribution in [1.82, 2.24) is 0 Å². The molecule has 4 N–H and O–H groups in total. The number of carbonyl (C=O) groups is 1. The van der Waals surface area contributed by atoms with Crippen molar-refractivity contribution in [3.63, 3.8) is 0 Å². The summed E-state index contributed by atoms with van der Waals surface area (Å²) in [6.45, 7) is 6.70. The lowest BCUT2D eigenvalue weighted by Gasteiger charge is -2.32. The first-order valence-corrected chi connectivity index (χ1v) is 6.51. The quantitative estimate of drug-likeness (QED) is 0.765. The van der Waals surface area contributed by atoms with Crippen molar-refractivity contribution in [2.45, 2.75) is 58.1 Å². The molecule has 4 heteroatoms. The van der Waals surface area contributed by atoms with Gasteiger partial charge in [-0.05, 0) is 44.4 Å². The molecule has 1 aliphatic carbocycles. The number of nitrogens with two attached hydrogens (primary N) is 2. The van der Waals surface area contributed by atoms with Gasteiger partial charge >= 0.3 is 0 Å². The third-order valence-corrected chi connectivity index (χ3v) is 3.67. The Kier molecular flexibility index (Phi) is 4.95. The zero-order valence-corrected chi connectivity index (χ0v) is 11.2. The van der Waals surface area contributed by atoms with E-state index >= 15 is 0 Å². The van der Waals surface area contributed by atoms with Gasteiger partial charge in [-0.2, -0.15) is 0 Å². The summed E-state index contributed by atoms with van der Waals surface area (Å²) in [5, 5.41) is 0.